The molecule has 0 saturated carbocycles. The van der Waals surface area contributed by atoms with Crippen molar-refractivity contribution in [2.75, 3.05) is 6.61 Å². The second-order valence-electron chi connectivity index (χ2n) is 4.46. The lowest BCUT2D eigenvalue weighted by Crippen LogP contribution is -2.12. The Morgan fingerprint density at radius 2 is 1.84 bits per heavy atom. The predicted molar refractivity (Wildman–Crippen MR) is 79.8 cm³/mol. The molecule has 0 saturated heterocycles. The van der Waals surface area contributed by atoms with Gasteiger partial charge in [0.05, 0.1) is 12.6 Å². The monoisotopic (exact) mass is 275 g/mol. The summed E-state index contributed by atoms with van der Waals surface area (Å²) in [4.78, 5) is 0. The Morgan fingerprint density at radius 1 is 1.16 bits per heavy atom. The van der Waals surface area contributed by atoms with Crippen molar-refractivity contribution in [1.82, 2.24) is 0 Å². The number of hydrogen-bond acceptors (Lipinski definition) is 2. The fourth-order valence-electron chi connectivity index (χ4n) is 2.03. The molecule has 19 heavy (non-hydrogen) atoms. The van der Waals surface area contributed by atoms with E-state index in [1.165, 1.54) is 0 Å². The van der Waals surface area contributed by atoms with E-state index in [0.717, 1.165) is 27.5 Å². The molecule has 2 nitrogen and oxygen atoms in total. The first-order valence-corrected chi connectivity index (χ1v) is 6.74. The highest BCUT2D eigenvalue weighted by Gasteiger charge is 2.13. The summed E-state index contributed by atoms with van der Waals surface area (Å²) in [6, 6.07) is 13.5. The SMILES string of the molecule is CCOc1ccc(C(N)c2cccc(C)c2Cl)cc1. The summed E-state index contributed by atoms with van der Waals surface area (Å²) in [7, 11) is 0. The van der Waals surface area contributed by atoms with Crippen LogP contribution in [-0.2, 0) is 0 Å². The third-order valence-corrected chi connectivity index (χ3v) is 3.62. The van der Waals surface area contributed by atoms with E-state index in [9.17, 15) is 0 Å². The Bertz CT molecular complexity index is 551. The molecule has 0 heterocycles. The zero-order valence-corrected chi connectivity index (χ0v) is 11.9. The maximum absolute atomic E-state index is 6.31. The molecule has 2 aromatic rings. The van der Waals surface area contributed by atoms with Crippen LogP contribution in [0.1, 0.15) is 29.7 Å². The summed E-state index contributed by atoms with van der Waals surface area (Å²) < 4.78 is 5.42. The van der Waals surface area contributed by atoms with E-state index in [-0.39, 0.29) is 6.04 Å². The Kier molecular flexibility index (Phi) is 4.46. The number of rotatable bonds is 4. The third-order valence-electron chi connectivity index (χ3n) is 3.11. The van der Waals surface area contributed by atoms with Gasteiger partial charge >= 0.3 is 0 Å². The van der Waals surface area contributed by atoms with Gasteiger partial charge in [0.1, 0.15) is 5.75 Å². The van der Waals surface area contributed by atoms with E-state index in [2.05, 4.69) is 0 Å². The maximum Gasteiger partial charge on any atom is 0.119 e. The molecule has 1 unspecified atom stereocenters. The summed E-state index contributed by atoms with van der Waals surface area (Å²) in [5.74, 6) is 0.855. The van der Waals surface area contributed by atoms with Crippen molar-refractivity contribution < 1.29 is 4.74 Å². The molecule has 1 atom stereocenters. The number of benzene rings is 2. The second kappa shape index (κ2) is 6.09. The van der Waals surface area contributed by atoms with Gasteiger partial charge in [-0.1, -0.05) is 41.9 Å². The van der Waals surface area contributed by atoms with Crippen LogP contribution in [0.4, 0.5) is 0 Å². The van der Waals surface area contributed by atoms with Crippen molar-refractivity contribution >= 4 is 11.6 Å². The number of nitrogens with two attached hydrogens (primary N) is 1. The second-order valence-corrected chi connectivity index (χ2v) is 4.84. The molecule has 0 radical (unpaired) electrons. The highest BCUT2D eigenvalue weighted by atomic mass is 35.5. The van der Waals surface area contributed by atoms with Gasteiger partial charge in [-0.15, -0.1) is 0 Å². The van der Waals surface area contributed by atoms with Crippen molar-refractivity contribution in [3.8, 4) is 5.75 Å². The molecular formula is C16H18ClNO. The minimum atomic E-state index is -0.219. The van der Waals surface area contributed by atoms with Gasteiger partial charge in [-0.05, 0) is 42.7 Å². The smallest absolute Gasteiger partial charge is 0.119 e. The first kappa shape index (κ1) is 13.9. The first-order valence-electron chi connectivity index (χ1n) is 6.36. The molecule has 2 N–H and O–H groups in total. The largest absolute Gasteiger partial charge is 0.494 e. The fraction of sp³-hybridized carbons (Fsp3) is 0.250. The van der Waals surface area contributed by atoms with Gasteiger partial charge in [-0.25, -0.2) is 0 Å². The average Bonchev–Trinajstić information content (AvgIpc) is 2.42. The van der Waals surface area contributed by atoms with Gasteiger partial charge in [-0.2, -0.15) is 0 Å². The summed E-state index contributed by atoms with van der Waals surface area (Å²) in [6.45, 7) is 4.61. The maximum atomic E-state index is 6.31. The lowest BCUT2D eigenvalue weighted by atomic mass is 9.98. The van der Waals surface area contributed by atoms with Gasteiger partial charge in [-0.3, -0.25) is 0 Å². The highest BCUT2D eigenvalue weighted by Crippen LogP contribution is 2.29. The van der Waals surface area contributed by atoms with E-state index in [1.54, 1.807) is 0 Å². The molecular weight excluding hydrogens is 258 g/mol. The van der Waals surface area contributed by atoms with Gasteiger partial charge in [0, 0.05) is 5.02 Å². The van der Waals surface area contributed by atoms with Gasteiger partial charge < -0.3 is 10.5 Å². The quantitative estimate of drug-likeness (QED) is 0.912. The number of aryl methyl sites for hydroxylation is 1. The van der Waals surface area contributed by atoms with E-state index < -0.39 is 0 Å². The molecule has 100 valence electrons. The predicted octanol–water partition coefficient (Wildman–Crippen LogP) is 4.10. The van der Waals surface area contributed by atoms with E-state index in [0.29, 0.717) is 6.61 Å². The molecule has 0 aliphatic carbocycles. The Balaban J connectivity index is 2.28. The van der Waals surface area contributed by atoms with Gasteiger partial charge in [0.2, 0.25) is 0 Å². The number of halogens is 1. The van der Waals surface area contributed by atoms with Crippen LogP contribution in [0.3, 0.4) is 0 Å². The summed E-state index contributed by atoms with van der Waals surface area (Å²) >= 11 is 6.31. The van der Waals surface area contributed by atoms with Crippen LogP contribution < -0.4 is 10.5 Å². The van der Waals surface area contributed by atoms with Crippen LogP contribution in [0.25, 0.3) is 0 Å². The van der Waals surface area contributed by atoms with Crippen LogP contribution in [0.2, 0.25) is 5.02 Å². The highest BCUT2D eigenvalue weighted by molar-refractivity contribution is 6.32. The molecule has 2 aromatic carbocycles. The van der Waals surface area contributed by atoms with Crippen LogP contribution in [0.5, 0.6) is 5.75 Å². The van der Waals surface area contributed by atoms with Crippen molar-refractivity contribution in [3.05, 3.63) is 64.2 Å². The Labute approximate surface area is 119 Å². The summed E-state index contributed by atoms with van der Waals surface area (Å²) in [5, 5.41) is 0.740. The van der Waals surface area contributed by atoms with Crippen LogP contribution >= 0.6 is 11.6 Å². The minimum Gasteiger partial charge on any atom is -0.494 e. The lowest BCUT2D eigenvalue weighted by molar-refractivity contribution is 0.340. The van der Waals surface area contributed by atoms with E-state index in [4.69, 9.17) is 22.1 Å². The zero-order chi connectivity index (χ0) is 13.8. The van der Waals surface area contributed by atoms with Crippen molar-refractivity contribution in [3.63, 3.8) is 0 Å². The molecule has 0 spiro atoms. The normalized spacial score (nSPS) is 12.2. The topological polar surface area (TPSA) is 35.2 Å². The van der Waals surface area contributed by atoms with Crippen molar-refractivity contribution in [2.45, 2.75) is 19.9 Å². The summed E-state index contributed by atoms with van der Waals surface area (Å²) in [5.41, 5.74) is 9.30. The molecule has 2 rings (SSSR count). The Hall–Kier alpha value is -1.51. The summed E-state index contributed by atoms with van der Waals surface area (Å²) in [6.07, 6.45) is 0. The molecule has 0 amide bonds. The van der Waals surface area contributed by atoms with Crippen molar-refractivity contribution in [1.29, 1.82) is 0 Å². The van der Waals surface area contributed by atoms with Crippen LogP contribution in [0, 0.1) is 6.92 Å². The standard InChI is InChI=1S/C16H18ClNO/c1-3-19-13-9-7-12(8-10-13)16(18)14-6-4-5-11(2)15(14)17/h4-10,16H,3,18H2,1-2H3. The van der Waals surface area contributed by atoms with E-state index >= 15 is 0 Å². The van der Waals surface area contributed by atoms with E-state index in [1.807, 2.05) is 56.3 Å². The Morgan fingerprint density at radius 3 is 2.47 bits per heavy atom. The van der Waals surface area contributed by atoms with Gasteiger partial charge in [0.15, 0.2) is 0 Å². The van der Waals surface area contributed by atoms with Crippen LogP contribution in [-0.4, -0.2) is 6.61 Å². The molecule has 0 bridgehead atoms. The fourth-order valence-corrected chi connectivity index (χ4v) is 2.27. The van der Waals surface area contributed by atoms with Crippen molar-refractivity contribution in [2.24, 2.45) is 5.73 Å². The molecule has 0 fully saturated rings. The first-order chi connectivity index (χ1) is 9.13. The number of hydrogen-bond donors (Lipinski definition) is 1. The molecule has 0 aliphatic rings. The molecule has 3 heteroatoms. The molecule has 0 aromatic heterocycles. The number of ether oxygens (including phenoxy) is 1. The van der Waals surface area contributed by atoms with Gasteiger partial charge in [0.25, 0.3) is 0 Å². The minimum absolute atomic E-state index is 0.219. The van der Waals surface area contributed by atoms with Crippen LogP contribution in [0.15, 0.2) is 42.5 Å². The third kappa shape index (κ3) is 3.09. The molecule has 0 aliphatic heterocycles. The zero-order valence-electron chi connectivity index (χ0n) is 11.2. The lowest BCUT2D eigenvalue weighted by Gasteiger charge is -2.16. The average molecular weight is 276 g/mol.